The average molecular weight is 249 g/mol. The summed E-state index contributed by atoms with van der Waals surface area (Å²) in [5, 5.41) is 13.3. The largest absolute Gasteiger partial charge is 0.491 e. The van der Waals surface area contributed by atoms with Crippen molar-refractivity contribution in [1.82, 2.24) is 5.32 Å². The molecular weight excluding hydrogens is 226 g/mol. The molecule has 0 heterocycles. The van der Waals surface area contributed by atoms with E-state index in [0.29, 0.717) is 6.54 Å². The third kappa shape index (κ3) is 3.72. The fraction of sp³-hybridized carbons (Fsp3) is 0.600. The summed E-state index contributed by atoms with van der Waals surface area (Å²) in [7, 11) is 0. The number of benzene rings is 1. The van der Waals surface area contributed by atoms with Gasteiger partial charge in [-0.15, -0.1) is 0 Å². The van der Waals surface area contributed by atoms with Crippen LogP contribution in [0.3, 0.4) is 0 Å². The van der Waals surface area contributed by atoms with Crippen LogP contribution in [0.4, 0.5) is 0 Å². The van der Waals surface area contributed by atoms with E-state index in [1.165, 1.54) is 5.56 Å². The molecule has 1 saturated carbocycles. The zero-order valence-corrected chi connectivity index (χ0v) is 11.3. The molecular formula is C15H23NO2. The van der Waals surface area contributed by atoms with Crippen LogP contribution in [-0.2, 0) is 6.54 Å². The summed E-state index contributed by atoms with van der Waals surface area (Å²) in [6.07, 6.45) is 3.20. The number of hydrogen-bond donors (Lipinski definition) is 2. The van der Waals surface area contributed by atoms with Gasteiger partial charge in [0.2, 0.25) is 0 Å². The lowest BCUT2D eigenvalue weighted by Gasteiger charge is -2.36. The summed E-state index contributed by atoms with van der Waals surface area (Å²) in [6, 6.07) is 8.11. The Hall–Kier alpha value is -1.06. The Balaban J connectivity index is 1.81. The predicted octanol–water partition coefficient (Wildman–Crippen LogP) is 2.48. The molecule has 0 spiro atoms. The molecule has 0 amide bonds. The van der Waals surface area contributed by atoms with Gasteiger partial charge in [-0.25, -0.2) is 0 Å². The molecule has 3 nitrogen and oxygen atoms in total. The molecule has 18 heavy (non-hydrogen) atoms. The first-order valence-corrected chi connectivity index (χ1v) is 6.76. The number of aliphatic hydroxyl groups is 1. The van der Waals surface area contributed by atoms with E-state index in [1.54, 1.807) is 0 Å². The summed E-state index contributed by atoms with van der Waals surface area (Å²) in [5.74, 6) is 0.909. The van der Waals surface area contributed by atoms with E-state index in [-0.39, 0.29) is 6.10 Å². The second-order valence-electron chi connectivity index (χ2n) is 5.50. The van der Waals surface area contributed by atoms with Crippen LogP contribution in [0.5, 0.6) is 5.75 Å². The highest BCUT2D eigenvalue weighted by atomic mass is 16.5. The number of rotatable bonds is 6. The molecule has 0 aliphatic heterocycles. The van der Waals surface area contributed by atoms with Gasteiger partial charge in [0, 0.05) is 13.1 Å². The zero-order valence-electron chi connectivity index (χ0n) is 11.3. The van der Waals surface area contributed by atoms with Crippen molar-refractivity contribution in [3.05, 3.63) is 29.8 Å². The van der Waals surface area contributed by atoms with Gasteiger partial charge in [-0.1, -0.05) is 12.1 Å². The normalized spacial score (nSPS) is 17.6. The first kappa shape index (κ1) is 13.4. The number of nitrogens with one attached hydrogen (secondary N) is 1. The molecule has 2 N–H and O–H groups in total. The average Bonchev–Trinajstić information content (AvgIpc) is 2.26. The van der Waals surface area contributed by atoms with E-state index in [2.05, 4.69) is 17.4 Å². The Labute approximate surface area is 109 Å². The van der Waals surface area contributed by atoms with E-state index < -0.39 is 5.60 Å². The summed E-state index contributed by atoms with van der Waals surface area (Å²) in [4.78, 5) is 0. The lowest BCUT2D eigenvalue weighted by atomic mass is 9.80. The lowest BCUT2D eigenvalue weighted by Crippen LogP contribution is -2.45. The van der Waals surface area contributed by atoms with Crippen molar-refractivity contribution in [1.29, 1.82) is 0 Å². The van der Waals surface area contributed by atoms with Crippen LogP contribution in [0.1, 0.15) is 38.7 Å². The zero-order chi connectivity index (χ0) is 13.0. The first-order valence-electron chi connectivity index (χ1n) is 6.76. The van der Waals surface area contributed by atoms with Gasteiger partial charge in [-0.2, -0.15) is 0 Å². The van der Waals surface area contributed by atoms with Crippen LogP contribution in [-0.4, -0.2) is 23.4 Å². The van der Waals surface area contributed by atoms with Gasteiger partial charge in [0.25, 0.3) is 0 Å². The summed E-state index contributed by atoms with van der Waals surface area (Å²) in [5.41, 5.74) is 0.738. The van der Waals surface area contributed by atoms with E-state index in [1.807, 2.05) is 26.0 Å². The Morgan fingerprint density at radius 2 is 2.17 bits per heavy atom. The smallest absolute Gasteiger partial charge is 0.120 e. The molecule has 1 fully saturated rings. The van der Waals surface area contributed by atoms with Crippen LogP contribution in [0.15, 0.2) is 24.3 Å². The fourth-order valence-electron chi connectivity index (χ4n) is 2.20. The van der Waals surface area contributed by atoms with Gasteiger partial charge in [0.05, 0.1) is 11.7 Å². The van der Waals surface area contributed by atoms with Gasteiger partial charge in [-0.3, -0.25) is 0 Å². The lowest BCUT2D eigenvalue weighted by molar-refractivity contribution is -0.0314. The Morgan fingerprint density at radius 1 is 1.39 bits per heavy atom. The second kappa shape index (κ2) is 5.72. The molecule has 0 radical (unpaired) electrons. The van der Waals surface area contributed by atoms with Crippen LogP contribution in [0.25, 0.3) is 0 Å². The number of ether oxygens (including phenoxy) is 1. The first-order chi connectivity index (χ1) is 8.57. The second-order valence-corrected chi connectivity index (χ2v) is 5.50. The van der Waals surface area contributed by atoms with Crippen LogP contribution in [0.2, 0.25) is 0 Å². The Bertz CT molecular complexity index is 386. The highest BCUT2D eigenvalue weighted by Crippen LogP contribution is 2.30. The molecule has 3 heteroatoms. The molecule has 0 aromatic heterocycles. The molecule has 1 aliphatic rings. The van der Waals surface area contributed by atoms with Gasteiger partial charge < -0.3 is 15.2 Å². The standard InChI is InChI=1S/C15H23NO2/c1-12(2)18-14-6-3-5-13(9-14)10-16-11-15(17)7-4-8-15/h3,5-6,9,12,16-17H,4,7-8,10-11H2,1-2H3. The van der Waals surface area contributed by atoms with Gasteiger partial charge in [0.1, 0.15) is 5.75 Å². The molecule has 0 unspecified atom stereocenters. The third-order valence-electron chi connectivity index (χ3n) is 3.34. The van der Waals surface area contributed by atoms with Crippen molar-refractivity contribution in [2.45, 2.75) is 51.4 Å². The highest BCUT2D eigenvalue weighted by molar-refractivity contribution is 5.28. The van der Waals surface area contributed by atoms with E-state index >= 15 is 0 Å². The van der Waals surface area contributed by atoms with E-state index in [9.17, 15) is 5.11 Å². The SMILES string of the molecule is CC(C)Oc1cccc(CNCC2(O)CCC2)c1. The molecule has 1 aromatic rings. The maximum atomic E-state index is 9.97. The minimum Gasteiger partial charge on any atom is -0.491 e. The highest BCUT2D eigenvalue weighted by Gasteiger charge is 2.33. The maximum Gasteiger partial charge on any atom is 0.120 e. The van der Waals surface area contributed by atoms with Crippen molar-refractivity contribution in [2.75, 3.05) is 6.54 Å². The predicted molar refractivity (Wildman–Crippen MR) is 72.7 cm³/mol. The monoisotopic (exact) mass is 249 g/mol. The molecule has 1 aromatic carbocycles. The topological polar surface area (TPSA) is 41.5 Å². The molecule has 2 rings (SSSR count). The van der Waals surface area contributed by atoms with Crippen LogP contribution < -0.4 is 10.1 Å². The Morgan fingerprint density at radius 3 is 2.78 bits per heavy atom. The fourth-order valence-corrected chi connectivity index (χ4v) is 2.20. The minimum absolute atomic E-state index is 0.198. The van der Waals surface area contributed by atoms with Crippen molar-refractivity contribution < 1.29 is 9.84 Å². The van der Waals surface area contributed by atoms with Crippen molar-refractivity contribution in [2.24, 2.45) is 0 Å². The molecule has 1 aliphatic carbocycles. The van der Waals surface area contributed by atoms with Gasteiger partial charge in [0.15, 0.2) is 0 Å². The Kier molecular flexibility index (Phi) is 4.25. The number of hydrogen-bond acceptors (Lipinski definition) is 3. The van der Waals surface area contributed by atoms with Crippen molar-refractivity contribution >= 4 is 0 Å². The molecule has 0 bridgehead atoms. The maximum absolute atomic E-state index is 9.97. The van der Waals surface area contributed by atoms with E-state index in [0.717, 1.165) is 31.6 Å². The third-order valence-corrected chi connectivity index (χ3v) is 3.34. The molecule has 100 valence electrons. The van der Waals surface area contributed by atoms with Gasteiger partial charge in [-0.05, 0) is 50.8 Å². The summed E-state index contributed by atoms with van der Waals surface area (Å²) >= 11 is 0. The molecule has 0 saturated heterocycles. The van der Waals surface area contributed by atoms with Crippen molar-refractivity contribution in [3.63, 3.8) is 0 Å². The van der Waals surface area contributed by atoms with Crippen molar-refractivity contribution in [3.8, 4) is 5.75 Å². The quantitative estimate of drug-likeness (QED) is 0.814. The van der Waals surface area contributed by atoms with Crippen LogP contribution in [0, 0.1) is 0 Å². The molecule has 0 atom stereocenters. The van der Waals surface area contributed by atoms with E-state index in [4.69, 9.17) is 4.74 Å². The van der Waals surface area contributed by atoms with Gasteiger partial charge >= 0.3 is 0 Å². The van der Waals surface area contributed by atoms with Crippen LogP contribution >= 0.6 is 0 Å². The minimum atomic E-state index is -0.452. The summed E-state index contributed by atoms with van der Waals surface area (Å²) in [6.45, 7) is 5.51. The summed E-state index contributed by atoms with van der Waals surface area (Å²) < 4.78 is 5.66.